The molecule has 20 heavy (non-hydrogen) atoms. The average Bonchev–Trinajstić information content (AvgIpc) is 2.25. The third kappa shape index (κ3) is 3.80. The number of pyridine rings is 1. The molecule has 1 heterocycles. The molecule has 0 radical (unpaired) electrons. The summed E-state index contributed by atoms with van der Waals surface area (Å²) >= 11 is 0. The summed E-state index contributed by atoms with van der Waals surface area (Å²) < 4.78 is 44.3. The van der Waals surface area contributed by atoms with Crippen LogP contribution in [0.4, 0.5) is 18.9 Å². The summed E-state index contributed by atoms with van der Waals surface area (Å²) in [6.07, 6.45) is -5.04. The number of aryl methyl sites for hydroxylation is 1. The quantitative estimate of drug-likeness (QED) is 0.481. The van der Waals surface area contributed by atoms with Crippen molar-refractivity contribution in [3.8, 4) is 5.88 Å². The highest BCUT2D eigenvalue weighted by molar-refractivity contribution is 5.95. The van der Waals surface area contributed by atoms with Crippen LogP contribution in [0.2, 0.25) is 0 Å². The first-order valence-corrected chi connectivity index (χ1v) is 5.24. The normalized spacial score (nSPS) is 11.1. The van der Waals surface area contributed by atoms with E-state index in [2.05, 4.69) is 14.5 Å². The molecule has 110 valence electrons. The van der Waals surface area contributed by atoms with E-state index in [9.17, 15) is 28.1 Å². The highest BCUT2D eigenvalue weighted by Crippen LogP contribution is 2.29. The molecular formula is C10H9F3N2O5. The van der Waals surface area contributed by atoms with E-state index in [1.165, 1.54) is 6.92 Å². The van der Waals surface area contributed by atoms with Gasteiger partial charge in [0.05, 0.1) is 23.3 Å². The topological polar surface area (TPSA) is 91.6 Å². The van der Waals surface area contributed by atoms with Gasteiger partial charge in [0.1, 0.15) is 0 Å². The molecule has 0 aliphatic rings. The number of carbonyl (C=O) groups excluding carboxylic acids is 1. The van der Waals surface area contributed by atoms with Gasteiger partial charge in [-0.05, 0) is 13.8 Å². The van der Waals surface area contributed by atoms with Gasteiger partial charge in [0.15, 0.2) is 5.56 Å². The Kier molecular flexibility index (Phi) is 4.48. The Hall–Kier alpha value is -2.39. The second kappa shape index (κ2) is 5.72. The van der Waals surface area contributed by atoms with Gasteiger partial charge >= 0.3 is 12.3 Å². The van der Waals surface area contributed by atoms with Crippen molar-refractivity contribution < 1.29 is 32.4 Å². The molecule has 0 saturated heterocycles. The van der Waals surface area contributed by atoms with Crippen LogP contribution in [0, 0.1) is 17.0 Å². The summed E-state index contributed by atoms with van der Waals surface area (Å²) in [4.78, 5) is 24.7. The van der Waals surface area contributed by atoms with Crippen molar-refractivity contribution in [3.63, 3.8) is 0 Å². The van der Waals surface area contributed by atoms with Crippen LogP contribution in [-0.4, -0.2) is 28.8 Å². The summed E-state index contributed by atoms with van der Waals surface area (Å²) in [6.45, 7) is 2.58. The predicted octanol–water partition coefficient (Wildman–Crippen LogP) is 2.37. The SMILES string of the molecule is CCOC(=O)c1c([N+](=O)[O-])cc(OC(F)(F)F)nc1C. The molecule has 10 heteroatoms. The van der Waals surface area contributed by atoms with Gasteiger partial charge in [-0.1, -0.05) is 0 Å². The zero-order valence-electron chi connectivity index (χ0n) is 10.4. The number of hydrogen-bond donors (Lipinski definition) is 0. The molecule has 7 nitrogen and oxygen atoms in total. The van der Waals surface area contributed by atoms with Gasteiger partial charge in [-0.15, -0.1) is 13.2 Å². The second-order valence-corrected chi connectivity index (χ2v) is 3.47. The standard InChI is InChI=1S/C10H9F3N2O5/c1-3-19-9(16)8-5(2)14-7(20-10(11,12)13)4-6(8)15(17)18/h4H,3H2,1-2H3. The maximum absolute atomic E-state index is 12.1. The maximum Gasteiger partial charge on any atom is 0.574 e. The highest BCUT2D eigenvalue weighted by atomic mass is 19.4. The molecule has 0 aromatic carbocycles. The largest absolute Gasteiger partial charge is 0.574 e. The molecule has 0 N–H and O–H groups in total. The van der Waals surface area contributed by atoms with Crippen LogP contribution in [0.5, 0.6) is 5.88 Å². The minimum atomic E-state index is -5.04. The van der Waals surface area contributed by atoms with E-state index in [1.54, 1.807) is 0 Å². The van der Waals surface area contributed by atoms with Crippen molar-refractivity contribution in [2.75, 3.05) is 6.61 Å². The van der Waals surface area contributed by atoms with Gasteiger partial charge < -0.3 is 9.47 Å². The average molecular weight is 294 g/mol. The van der Waals surface area contributed by atoms with Gasteiger partial charge in [0.25, 0.3) is 5.69 Å². The molecule has 1 aromatic heterocycles. The number of alkyl halides is 3. The number of aromatic nitrogens is 1. The molecule has 0 saturated carbocycles. The first-order valence-electron chi connectivity index (χ1n) is 5.24. The predicted molar refractivity (Wildman–Crippen MR) is 58.3 cm³/mol. The van der Waals surface area contributed by atoms with E-state index >= 15 is 0 Å². The first-order chi connectivity index (χ1) is 9.15. The Labute approximate surface area is 110 Å². The molecule has 0 spiro atoms. The molecule has 1 aromatic rings. The van der Waals surface area contributed by atoms with Crippen molar-refractivity contribution in [1.82, 2.24) is 4.98 Å². The molecule has 0 atom stereocenters. The van der Waals surface area contributed by atoms with E-state index in [-0.39, 0.29) is 12.3 Å². The number of ether oxygens (including phenoxy) is 2. The van der Waals surface area contributed by atoms with Gasteiger partial charge in [-0.25, -0.2) is 9.78 Å². The fourth-order valence-corrected chi connectivity index (χ4v) is 1.40. The molecule has 0 amide bonds. The Balaban J connectivity index is 3.33. The summed E-state index contributed by atoms with van der Waals surface area (Å²) in [7, 11) is 0. The number of carbonyl (C=O) groups is 1. The van der Waals surface area contributed by atoms with Crippen molar-refractivity contribution >= 4 is 11.7 Å². The molecular weight excluding hydrogens is 285 g/mol. The van der Waals surface area contributed by atoms with Crippen LogP contribution in [0.15, 0.2) is 6.07 Å². The van der Waals surface area contributed by atoms with Crippen molar-refractivity contribution in [1.29, 1.82) is 0 Å². The number of esters is 1. The van der Waals surface area contributed by atoms with Gasteiger partial charge in [-0.3, -0.25) is 10.1 Å². The van der Waals surface area contributed by atoms with Gasteiger partial charge in [-0.2, -0.15) is 0 Å². The third-order valence-corrected chi connectivity index (χ3v) is 2.05. The molecule has 0 aliphatic heterocycles. The molecule has 0 bridgehead atoms. The van der Waals surface area contributed by atoms with Crippen LogP contribution in [0.1, 0.15) is 23.0 Å². The van der Waals surface area contributed by atoms with Gasteiger partial charge in [0.2, 0.25) is 5.88 Å². The summed E-state index contributed by atoms with van der Waals surface area (Å²) in [6, 6.07) is 0.423. The Bertz CT molecular complexity index is 544. The van der Waals surface area contributed by atoms with E-state index in [0.29, 0.717) is 6.07 Å². The van der Waals surface area contributed by atoms with E-state index in [0.717, 1.165) is 6.92 Å². The lowest BCUT2D eigenvalue weighted by molar-refractivity contribution is -0.385. The number of halogens is 3. The zero-order chi connectivity index (χ0) is 15.5. The van der Waals surface area contributed by atoms with Crippen LogP contribution in [-0.2, 0) is 4.74 Å². The van der Waals surface area contributed by atoms with Crippen molar-refractivity contribution in [2.24, 2.45) is 0 Å². The zero-order valence-corrected chi connectivity index (χ0v) is 10.4. The fourth-order valence-electron chi connectivity index (χ4n) is 1.40. The van der Waals surface area contributed by atoms with Crippen LogP contribution in [0.3, 0.4) is 0 Å². The van der Waals surface area contributed by atoms with Crippen molar-refractivity contribution in [2.45, 2.75) is 20.2 Å². The third-order valence-electron chi connectivity index (χ3n) is 2.05. The highest BCUT2D eigenvalue weighted by Gasteiger charge is 2.34. The van der Waals surface area contributed by atoms with Crippen LogP contribution in [0.25, 0.3) is 0 Å². The number of nitro groups is 1. The fraction of sp³-hybridized carbons (Fsp3) is 0.400. The summed E-state index contributed by atoms with van der Waals surface area (Å²) in [5.74, 6) is -2.06. The lowest BCUT2D eigenvalue weighted by Crippen LogP contribution is -2.19. The Morgan fingerprint density at radius 2 is 2.10 bits per heavy atom. The Morgan fingerprint density at radius 1 is 1.50 bits per heavy atom. The molecule has 0 fully saturated rings. The number of hydrogen-bond acceptors (Lipinski definition) is 6. The molecule has 1 rings (SSSR count). The van der Waals surface area contributed by atoms with Gasteiger partial charge in [0, 0.05) is 0 Å². The minimum Gasteiger partial charge on any atom is -0.462 e. The minimum absolute atomic E-state index is 0.0454. The molecule has 0 unspecified atom stereocenters. The van der Waals surface area contributed by atoms with Crippen LogP contribution >= 0.6 is 0 Å². The van der Waals surface area contributed by atoms with E-state index in [1.807, 2.05) is 0 Å². The van der Waals surface area contributed by atoms with E-state index < -0.39 is 34.4 Å². The summed E-state index contributed by atoms with van der Waals surface area (Å²) in [5, 5.41) is 10.8. The molecule has 0 aliphatic carbocycles. The monoisotopic (exact) mass is 294 g/mol. The smallest absolute Gasteiger partial charge is 0.462 e. The first kappa shape index (κ1) is 15.7. The van der Waals surface area contributed by atoms with Crippen LogP contribution < -0.4 is 4.74 Å². The summed E-state index contributed by atoms with van der Waals surface area (Å²) in [5.41, 5.74) is -1.67. The second-order valence-electron chi connectivity index (χ2n) is 3.47. The Morgan fingerprint density at radius 3 is 2.55 bits per heavy atom. The number of nitrogens with zero attached hydrogens (tertiary/aromatic N) is 2. The van der Waals surface area contributed by atoms with Crippen molar-refractivity contribution in [3.05, 3.63) is 27.4 Å². The maximum atomic E-state index is 12.1. The lowest BCUT2D eigenvalue weighted by Gasteiger charge is -2.10. The number of rotatable bonds is 4. The van der Waals surface area contributed by atoms with E-state index in [4.69, 9.17) is 0 Å². The lowest BCUT2D eigenvalue weighted by atomic mass is 10.1.